The van der Waals surface area contributed by atoms with Gasteiger partial charge in [-0.1, -0.05) is 12.5 Å². The monoisotopic (exact) mass is 395 g/mol. The Hall–Kier alpha value is -3.00. The second kappa shape index (κ2) is 7.44. The molecular weight excluding hydrogens is 373 g/mol. The molecule has 3 N–H and O–H groups in total. The average Bonchev–Trinajstić information content (AvgIpc) is 3.28. The lowest BCUT2D eigenvalue weighted by molar-refractivity contribution is 0.00652. The number of H-pyrrole nitrogens is 1. The molecule has 0 aliphatic carbocycles. The summed E-state index contributed by atoms with van der Waals surface area (Å²) < 4.78 is 20.5. The van der Waals surface area contributed by atoms with Crippen LogP contribution in [0, 0.1) is 0 Å². The molecule has 4 atom stereocenters. The van der Waals surface area contributed by atoms with E-state index in [1.165, 1.54) is 0 Å². The SMILES string of the molecule is Oc1cc(-c2cn[nH]c2)ccc1-c1ccc(O[C@@H]2C[C@@H]3CCC[C@@H](N3)[C@@H]2F)nn1. The van der Waals surface area contributed by atoms with Gasteiger partial charge in [0.05, 0.1) is 11.9 Å². The number of piperidine rings is 2. The van der Waals surface area contributed by atoms with E-state index in [1.807, 2.05) is 6.07 Å². The van der Waals surface area contributed by atoms with Crippen LogP contribution in [0.4, 0.5) is 4.39 Å². The van der Waals surface area contributed by atoms with Crippen molar-refractivity contribution in [1.82, 2.24) is 25.7 Å². The van der Waals surface area contributed by atoms with Crippen molar-refractivity contribution in [3.63, 3.8) is 0 Å². The molecule has 3 aromatic rings. The molecule has 150 valence electrons. The van der Waals surface area contributed by atoms with Gasteiger partial charge in [-0.3, -0.25) is 5.10 Å². The van der Waals surface area contributed by atoms with Crippen LogP contribution in [-0.4, -0.2) is 49.9 Å². The molecule has 29 heavy (non-hydrogen) atoms. The van der Waals surface area contributed by atoms with Crippen LogP contribution in [0.2, 0.25) is 0 Å². The van der Waals surface area contributed by atoms with Crippen molar-refractivity contribution < 1.29 is 14.2 Å². The van der Waals surface area contributed by atoms with E-state index in [-0.39, 0.29) is 11.8 Å². The van der Waals surface area contributed by atoms with Gasteiger partial charge in [0.15, 0.2) is 6.17 Å². The fraction of sp³-hybridized carbons (Fsp3) is 0.381. The Morgan fingerprint density at radius 1 is 1.10 bits per heavy atom. The Morgan fingerprint density at radius 3 is 2.79 bits per heavy atom. The van der Waals surface area contributed by atoms with Gasteiger partial charge in [-0.25, -0.2) is 4.39 Å². The average molecular weight is 395 g/mol. The van der Waals surface area contributed by atoms with Crippen molar-refractivity contribution in [2.24, 2.45) is 0 Å². The number of nitrogens with one attached hydrogen (secondary N) is 2. The van der Waals surface area contributed by atoms with Crippen LogP contribution in [0.3, 0.4) is 0 Å². The molecule has 8 heteroatoms. The third-order valence-electron chi connectivity index (χ3n) is 5.79. The number of halogens is 1. The highest BCUT2D eigenvalue weighted by atomic mass is 19.1. The zero-order valence-corrected chi connectivity index (χ0v) is 15.8. The van der Waals surface area contributed by atoms with Crippen molar-refractivity contribution in [3.05, 3.63) is 42.7 Å². The van der Waals surface area contributed by atoms with Crippen molar-refractivity contribution in [2.75, 3.05) is 0 Å². The van der Waals surface area contributed by atoms with Gasteiger partial charge in [-0.2, -0.15) is 5.10 Å². The van der Waals surface area contributed by atoms with E-state index in [9.17, 15) is 9.50 Å². The quantitative estimate of drug-likeness (QED) is 0.628. The minimum atomic E-state index is -1.05. The molecule has 2 fully saturated rings. The zero-order valence-electron chi connectivity index (χ0n) is 15.8. The number of ether oxygens (including phenoxy) is 1. The van der Waals surface area contributed by atoms with Crippen LogP contribution < -0.4 is 10.1 Å². The molecular formula is C21H22FN5O2. The molecule has 5 rings (SSSR count). The van der Waals surface area contributed by atoms with E-state index >= 15 is 0 Å². The summed E-state index contributed by atoms with van der Waals surface area (Å²) in [5.74, 6) is 0.401. The molecule has 0 unspecified atom stereocenters. The topological polar surface area (TPSA) is 96.0 Å². The summed E-state index contributed by atoms with van der Waals surface area (Å²) >= 11 is 0. The summed E-state index contributed by atoms with van der Waals surface area (Å²) in [6.07, 6.45) is 5.49. The van der Waals surface area contributed by atoms with Crippen LogP contribution in [0.5, 0.6) is 11.6 Å². The van der Waals surface area contributed by atoms with Gasteiger partial charge in [-0.15, -0.1) is 10.2 Å². The van der Waals surface area contributed by atoms with Crippen LogP contribution >= 0.6 is 0 Å². The van der Waals surface area contributed by atoms with Crippen LogP contribution in [-0.2, 0) is 0 Å². The molecule has 0 spiro atoms. The maximum Gasteiger partial charge on any atom is 0.233 e. The van der Waals surface area contributed by atoms with E-state index < -0.39 is 12.3 Å². The standard InChI is InChI=1S/C21H22FN5O2/c22-21-17-3-1-2-14(25-17)9-19(21)29-20-7-6-16(26-27-20)15-5-4-12(8-18(15)28)13-10-23-24-11-13/h4-8,10-11,14,17,19,21,25,28H,1-3,9H2,(H,23,24)/t14-,17+,19+,21-/m0/s1. The first-order valence-electron chi connectivity index (χ1n) is 9.90. The Labute approximate surface area is 167 Å². The summed E-state index contributed by atoms with van der Waals surface area (Å²) in [4.78, 5) is 0. The van der Waals surface area contributed by atoms with Gasteiger partial charge in [0.2, 0.25) is 5.88 Å². The molecule has 7 nitrogen and oxygen atoms in total. The van der Waals surface area contributed by atoms with Gasteiger partial charge in [0, 0.05) is 41.9 Å². The third-order valence-corrected chi connectivity index (χ3v) is 5.79. The zero-order chi connectivity index (χ0) is 19.8. The predicted molar refractivity (Wildman–Crippen MR) is 105 cm³/mol. The Kier molecular flexibility index (Phi) is 4.63. The summed E-state index contributed by atoms with van der Waals surface area (Å²) in [7, 11) is 0. The maximum absolute atomic E-state index is 14.7. The van der Waals surface area contributed by atoms with E-state index in [4.69, 9.17) is 4.74 Å². The highest BCUT2D eigenvalue weighted by Gasteiger charge is 2.41. The fourth-order valence-electron chi connectivity index (χ4n) is 4.29. The van der Waals surface area contributed by atoms with Gasteiger partial charge in [-0.05, 0) is 36.6 Å². The summed E-state index contributed by atoms with van der Waals surface area (Å²) in [6, 6.07) is 8.91. The molecule has 0 amide bonds. The number of aromatic hydroxyl groups is 1. The Morgan fingerprint density at radius 2 is 2.03 bits per heavy atom. The normalized spacial score (nSPS) is 26.2. The lowest BCUT2D eigenvalue weighted by Crippen LogP contribution is -2.59. The van der Waals surface area contributed by atoms with Gasteiger partial charge in [0.25, 0.3) is 0 Å². The van der Waals surface area contributed by atoms with E-state index in [0.29, 0.717) is 29.6 Å². The molecule has 2 aliphatic heterocycles. The predicted octanol–water partition coefficient (Wildman–Crippen LogP) is 3.24. The molecule has 1 aromatic carbocycles. The summed E-state index contributed by atoms with van der Waals surface area (Å²) in [5.41, 5.74) is 2.82. The second-order valence-corrected chi connectivity index (χ2v) is 7.71. The van der Waals surface area contributed by atoms with Crippen LogP contribution in [0.1, 0.15) is 25.7 Å². The Bertz CT molecular complexity index is 979. The highest BCUT2D eigenvalue weighted by molar-refractivity contribution is 5.73. The number of fused-ring (bicyclic) bond motifs is 2. The number of aromatic nitrogens is 4. The smallest absolute Gasteiger partial charge is 0.233 e. The van der Waals surface area contributed by atoms with Crippen molar-refractivity contribution in [1.29, 1.82) is 0 Å². The number of hydrogen-bond donors (Lipinski definition) is 3. The number of hydrogen-bond acceptors (Lipinski definition) is 6. The second-order valence-electron chi connectivity index (χ2n) is 7.71. The maximum atomic E-state index is 14.7. The van der Waals surface area contributed by atoms with Gasteiger partial charge < -0.3 is 15.2 Å². The van der Waals surface area contributed by atoms with Crippen molar-refractivity contribution in [3.8, 4) is 34.0 Å². The number of nitrogens with zero attached hydrogens (tertiary/aromatic N) is 3. The van der Waals surface area contributed by atoms with Crippen molar-refractivity contribution in [2.45, 2.75) is 50.0 Å². The molecule has 0 saturated carbocycles. The van der Waals surface area contributed by atoms with Crippen LogP contribution in [0.15, 0.2) is 42.7 Å². The third kappa shape index (κ3) is 3.55. The number of phenols is 1. The first-order chi connectivity index (χ1) is 14.2. The molecule has 2 bridgehead atoms. The fourth-order valence-corrected chi connectivity index (χ4v) is 4.29. The number of benzene rings is 1. The lowest BCUT2D eigenvalue weighted by atomic mass is 9.84. The lowest BCUT2D eigenvalue weighted by Gasteiger charge is -2.42. The van der Waals surface area contributed by atoms with E-state index in [2.05, 4.69) is 25.7 Å². The summed E-state index contributed by atoms with van der Waals surface area (Å²) in [5, 5.41) is 28.7. The minimum absolute atomic E-state index is 0.0988. The van der Waals surface area contributed by atoms with Gasteiger partial charge >= 0.3 is 0 Å². The largest absolute Gasteiger partial charge is 0.507 e. The van der Waals surface area contributed by atoms with E-state index in [1.54, 1.807) is 36.7 Å². The number of phenolic OH excluding ortho intramolecular Hbond substituents is 1. The minimum Gasteiger partial charge on any atom is -0.507 e. The first kappa shape index (κ1) is 18.1. The van der Waals surface area contributed by atoms with E-state index in [0.717, 1.165) is 30.4 Å². The van der Waals surface area contributed by atoms with Crippen LogP contribution in [0.25, 0.3) is 22.4 Å². The first-order valence-corrected chi connectivity index (χ1v) is 9.90. The summed E-state index contributed by atoms with van der Waals surface area (Å²) in [6.45, 7) is 0. The molecule has 4 heterocycles. The number of aromatic amines is 1. The van der Waals surface area contributed by atoms with Crippen molar-refractivity contribution >= 4 is 0 Å². The molecule has 0 radical (unpaired) electrons. The Balaban J connectivity index is 1.31. The number of alkyl halides is 1. The molecule has 2 aliphatic rings. The highest BCUT2D eigenvalue weighted by Crippen LogP contribution is 2.33. The van der Waals surface area contributed by atoms with Gasteiger partial charge in [0.1, 0.15) is 11.9 Å². The molecule has 2 saturated heterocycles. The molecule has 2 aromatic heterocycles. The number of rotatable bonds is 4.